The summed E-state index contributed by atoms with van der Waals surface area (Å²) in [6.45, 7) is -0.970. The summed E-state index contributed by atoms with van der Waals surface area (Å²) >= 11 is 0. The first kappa shape index (κ1) is 21.6. The van der Waals surface area contributed by atoms with Crippen molar-refractivity contribution in [3.8, 4) is 0 Å². The monoisotopic (exact) mass is 444 g/mol. The van der Waals surface area contributed by atoms with E-state index >= 15 is 4.39 Å². The number of anilines is 1. The highest BCUT2D eigenvalue weighted by atomic mass is 19.4. The Bertz CT molecular complexity index is 1100. The van der Waals surface area contributed by atoms with Crippen molar-refractivity contribution in [3.63, 3.8) is 0 Å². The summed E-state index contributed by atoms with van der Waals surface area (Å²) in [5.41, 5.74) is -4.56. The van der Waals surface area contributed by atoms with Gasteiger partial charge in [-0.2, -0.15) is 13.2 Å². The molecule has 168 valence electrons. The molecule has 2 atom stereocenters. The summed E-state index contributed by atoms with van der Waals surface area (Å²) in [5.74, 6) is -3.99. The number of carbonyl (C=O) groups is 1. The Morgan fingerprint density at radius 3 is 2.16 bits per heavy atom. The van der Waals surface area contributed by atoms with Crippen LogP contribution in [0.2, 0.25) is 0 Å². The Morgan fingerprint density at radius 2 is 1.71 bits per heavy atom. The quantitative estimate of drug-likeness (QED) is 0.612. The number of fused-ring (bicyclic) bond motifs is 1. The molecule has 0 radical (unpaired) electrons. The third kappa shape index (κ3) is 3.55. The molecular weight excluding hydrogens is 424 g/mol. The molecule has 0 spiro atoms. The fourth-order valence-electron chi connectivity index (χ4n) is 4.38. The Morgan fingerprint density at radius 1 is 1.13 bits per heavy atom. The molecular formula is C20H20F4N2O5. The van der Waals surface area contributed by atoms with Crippen LogP contribution in [-0.4, -0.2) is 52.2 Å². The molecule has 11 heteroatoms. The second kappa shape index (κ2) is 7.49. The van der Waals surface area contributed by atoms with Crippen molar-refractivity contribution < 1.29 is 37.7 Å². The molecule has 2 fully saturated rings. The van der Waals surface area contributed by atoms with Crippen molar-refractivity contribution in [1.29, 1.82) is 0 Å². The van der Waals surface area contributed by atoms with Crippen molar-refractivity contribution in [2.45, 2.75) is 25.1 Å². The van der Waals surface area contributed by atoms with E-state index in [0.717, 1.165) is 15.7 Å². The zero-order chi connectivity index (χ0) is 22.7. The molecule has 0 bridgehead atoms. The Hall–Kier alpha value is -2.66. The first-order valence-electron chi connectivity index (χ1n) is 9.77. The molecule has 1 aromatic heterocycles. The average molecular weight is 444 g/mol. The SMILES string of the molecule is O=C(O)c1cn(C2CC2)c2c(C(F)(F)F)c(N3C[C@@H](CO)[C@@H](CO)C3)c(F)cc2c1=O. The van der Waals surface area contributed by atoms with Crippen molar-refractivity contribution in [2.75, 3.05) is 31.2 Å². The first-order valence-corrected chi connectivity index (χ1v) is 9.77. The summed E-state index contributed by atoms with van der Waals surface area (Å²) in [6, 6.07) is 0.239. The number of carboxylic acid groups (broad SMARTS) is 1. The topological polar surface area (TPSA) is 103 Å². The number of aromatic carboxylic acids is 1. The van der Waals surface area contributed by atoms with Crippen molar-refractivity contribution >= 4 is 22.6 Å². The number of hydrogen-bond acceptors (Lipinski definition) is 5. The summed E-state index contributed by atoms with van der Waals surface area (Å²) in [4.78, 5) is 25.2. The van der Waals surface area contributed by atoms with E-state index in [2.05, 4.69) is 0 Å². The molecule has 0 unspecified atom stereocenters. The minimum Gasteiger partial charge on any atom is -0.477 e. The molecule has 2 heterocycles. The predicted molar refractivity (Wildman–Crippen MR) is 102 cm³/mol. The van der Waals surface area contributed by atoms with Gasteiger partial charge in [-0.05, 0) is 18.9 Å². The van der Waals surface area contributed by atoms with Gasteiger partial charge in [0, 0.05) is 50.4 Å². The van der Waals surface area contributed by atoms with Crippen LogP contribution in [-0.2, 0) is 6.18 Å². The van der Waals surface area contributed by atoms with E-state index < -0.39 is 69.0 Å². The zero-order valence-electron chi connectivity index (χ0n) is 16.2. The molecule has 1 aromatic carbocycles. The largest absolute Gasteiger partial charge is 0.477 e. The van der Waals surface area contributed by atoms with Crippen LogP contribution in [0.5, 0.6) is 0 Å². The highest BCUT2D eigenvalue weighted by Gasteiger charge is 2.44. The standard InChI is InChI=1S/C20H20F4N2O5/c21-14-3-12-16(26(11-1-2-11)6-13(18(12)29)19(30)31)15(20(22,23)24)17(14)25-4-9(7-27)10(5-25)8-28/h3,6,9-11,27-28H,1-2,4-5,7-8H2,(H,30,31)/t9-,10+. The van der Waals surface area contributed by atoms with Gasteiger partial charge >= 0.3 is 12.1 Å². The molecule has 0 amide bonds. The van der Waals surface area contributed by atoms with E-state index in [-0.39, 0.29) is 26.3 Å². The molecule has 1 aliphatic carbocycles. The van der Waals surface area contributed by atoms with E-state index in [4.69, 9.17) is 0 Å². The fraction of sp³-hybridized carbons (Fsp3) is 0.500. The van der Waals surface area contributed by atoms with Crippen LogP contribution >= 0.6 is 0 Å². The van der Waals surface area contributed by atoms with Gasteiger partial charge in [-0.1, -0.05) is 0 Å². The minimum atomic E-state index is -5.05. The minimum absolute atomic E-state index is 0.103. The summed E-state index contributed by atoms with van der Waals surface area (Å²) in [5, 5.41) is 27.6. The molecule has 1 saturated carbocycles. The third-order valence-electron chi connectivity index (χ3n) is 6.06. The van der Waals surface area contributed by atoms with Gasteiger partial charge in [0.05, 0.1) is 16.6 Å². The number of hydrogen-bond donors (Lipinski definition) is 3. The Kier molecular flexibility index (Phi) is 5.21. The van der Waals surface area contributed by atoms with Gasteiger partial charge in [-0.15, -0.1) is 0 Å². The number of nitrogens with zero attached hydrogens (tertiary/aromatic N) is 2. The fourth-order valence-corrected chi connectivity index (χ4v) is 4.38. The van der Waals surface area contributed by atoms with Gasteiger partial charge in [0.15, 0.2) is 0 Å². The summed E-state index contributed by atoms with van der Waals surface area (Å²) in [6.07, 6.45) is -3.14. The van der Waals surface area contributed by atoms with Gasteiger partial charge in [-0.3, -0.25) is 4.79 Å². The number of aliphatic hydroxyl groups excluding tert-OH is 2. The summed E-state index contributed by atoms with van der Waals surface area (Å²) < 4.78 is 59.1. The van der Waals surface area contributed by atoms with E-state index in [1.54, 1.807) is 0 Å². The molecule has 2 aromatic rings. The van der Waals surface area contributed by atoms with Gasteiger partial charge in [0.1, 0.15) is 16.9 Å². The summed E-state index contributed by atoms with van der Waals surface area (Å²) in [7, 11) is 0. The van der Waals surface area contributed by atoms with Crippen LogP contribution in [0.15, 0.2) is 17.1 Å². The lowest BCUT2D eigenvalue weighted by atomic mass is 9.98. The van der Waals surface area contributed by atoms with Crippen LogP contribution in [0.4, 0.5) is 23.2 Å². The Labute approximate surface area is 173 Å². The van der Waals surface area contributed by atoms with Crippen molar-refractivity contribution in [1.82, 2.24) is 4.57 Å². The second-order valence-electron chi connectivity index (χ2n) is 8.08. The normalized spacial score (nSPS) is 21.8. The number of aliphatic hydroxyl groups is 2. The number of aromatic nitrogens is 1. The van der Waals surface area contributed by atoms with E-state index in [1.807, 2.05) is 0 Å². The van der Waals surface area contributed by atoms with E-state index in [0.29, 0.717) is 18.9 Å². The number of halogens is 4. The molecule has 1 saturated heterocycles. The van der Waals surface area contributed by atoms with Crippen LogP contribution in [0.25, 0.3) is 10.9 Å². The maximum Gasteiger partial charge on any atom is 0.420 e. The Balaban J connectivity index is 2.06. The first-order chi connectivity index (χ1) is 14.6. The molecule has 2 aliphatic rings. The highest BCUT2D eigenvalue weighted by Crippen LogP contribution is 2.47. The zero-order valence-corrected chi connectivity index (χ0v) is 16.2. The van der Waals surface area contributed by atoms with E-state index in [9.17, 15) is 38.1 Å². The van der Waals surface area contributed by atoms with Crippen LogP contribution in [0.1, 0.15) is 34.8 Å². The number of alkyl halides is 3. The van der Waals surface area contributed by atoms with Crippen molar-refractivity contribution in [2.24, 2.45) is 11.8 Å². The van der Waals surface area contributed by atoms with Crippen molar-refractivity contribution in [3.05, 3.63) is 39.4 Å². The average Bonchev–Trinajstić information content (AvgIpc) is 3.45. The smallest absolute Gasteiger partial charge is 0.420 e. The molecule has 4 rings (SSSR count). The lowest BCUT2D eigenvalue weighted by Crippen LogP contribution is -2.28. The van der Waals surface area contributed by atoms with Gasteiger partial charge in [0.2, 0.25) is 5.43 Å². The molecule has 1 aliphatic heterocycles. The maximum atomic E-state index is 15.1. The van der Waals surface area contributed by atoms with Gasteiger partial charge in [0.25, 0.3) is 0 Å². The number of benzene rings is 1. The van der Waals surface area contributed by atoms with Gasteiger partial charge < -0.3 is 24.8 Å². The number of pyridine rings is 1. The molecule has 31 heavy (non-hydrogen) atoms. The van der Waals surface area contributed by atoms with E-state index in [1.165, 1.54) is 0 Å². The highest BCUT2D eigenvalue weighted by molar-refractivity contribution is 5.95. The van der Waals surface area contributed by atoms with Gasteiger partial charge in [-0.25, -0.2) is 9.18 Å². The third-order valence-corrected chi connectivity index (χ3v) is 6.06. The number of rotatable bonds is 5. The predicted octanol–water partition coefficient (Wildman–Crippen LogP) is 2.23. The molecule has 3 N–H and O–H groups in total. The number of carboxylic acids is 1. The maximum absolute atomic E-state index is 15.1. The second-order valence-corrected chi connectivity index (χ2v) is 8.08. The van der Waals surface area contributed by atoms with Crippen LogP contribution in [0.3, 0.4) is 0 Å². The molecule has 7 nitrogen and oxygen atoms in total. The lowest BCUT2D eigenvalue weighted by Gasteiger charge is -2.26. The van der Waals surface area contributed by atoms with Crippen LogP contribution in [0, 0.1) is 17.7 Å². The lowest BCUT2D eigenvalue weighted by molar-refractivity contribution is -0.136. The van der Waals surface area contributed by atoms with Crippen LogP contribution < -0.4 is 10.3 Å².